The number of aromatic nitrogens is 2. The minimum absolute atomic E-state index is 0.0520. The van der Waals surface area contributed by atoms with Gasteiger partial charge < -0.3 is 14.6 Å². The van der Waals surface area contributed by atoms with Crippen molar-refractivity contribution in [3.05, 3.63) is 66.7 Å². The lowest BCUT2D eigenvalue weighted by atomic mass is 10.1. The van der Waals surface area contributed by atoms with E-state index in [0.717, 1.165) is 6.07 Å². The average molecular weight is 547 g/mol. The van der Waals surface area contributed by atoms with E-state index >= 15 is 0 Å². The van der Waals surface area contributed by atoms with Crippen molar-refractivity contribution in [1.29, 1.82) is 0 Å². The van der Waals surface area contributed by atoms with Gasteiger partial charge in [-0.3, -0.25) is 14.9 Å². The Morgan fingerprint density at radius 1 is 1.34 bits per heavy atom. The van der Waals surface area contributed by atoms with Gasteiger partial charge in [0.2, 0.25) is 5.75 Å². The summed E-state index contributed by atoms with van der Waals surface area (Å²) < 4.78 is 12.4. The number of nitro benzene ring substituents is 1. The van der Waals surface area contributed by atoms with Crippen molar-refractivity contribution >= 4 is 44.7 Å². The van der Waals surface area contributed by atoms with Gasteiger partial charge in [-0.2, -0.15) is 9.78 Å². The molecule has 0 bridgehead atoms. The minimum Gasteiger partial charge on any atom is -0.493 e. The number of methoxy groups -OCH3 is 1. The van der Waals surface area contributed by atoms with Gasteiger partial charge in [0.05, 0.1) is 29.2 Å². The summed E-state index contributed by atoms with van der Waals surface area (Å²) in [4.78, 5) is 40.0. The Morgan fingerprint density at radius 2 is 2.06 bits per heavy atom. The van der Waals surface area contributed by atoms with E-state index in [4.69, 9.17) is 14.6 Å². The predicted molar refractivity (Wildman–Crippen MR) is 133 cm³/mol. The second-order valence-electron chi connectivity index (χ2n) is 7.73. The molecule has 3 rings (SSSR count). The van der Waals surface area contributed by atoms with Crippen LogP contribution in [0.5, 0.6) is 11.5 Å². The summed E-state index contributed by atoms with van der Waals surface area (Å²) in [7, 11) is 1.27. The topological polar surface area (TPSA) is 146 Å². The van der Waals surface area contributed by atoms with E-state index < -0.39 is 22.7 Å². The smallest absolute Gasteiger partial charge is 0.344 e. The van der Waals surface area contributed by atoms with Gasteiger partial charge in [-0.25, -0.2) is 9.78 Å². The molecule has 1 aromatic heterocycles. The van der Waals surface area contributed by atoms with Crippen molar-refractivity contribution < 1.29 is 24.3 Å². The van der Waals surface area contributed by atoms with Gasteiger partial charge in [-0.15, -0.1) is 0 Å². The molecule has 35 heavy (non-hydrogen) atoms. The van der Waals surface area contributed by atoms with Crippen molar-refractivity contribution in [3.63, 3.8) is 0 Å². The summed E-state index contributed by atoms with van der Waals surface area (Å²) in [6, 6.07) is 7.75. The number of halogens is 1. The molecule has 0 aliphatic rings. The Balaban J connectivity index is 2.17. The number of hydrogen-bond donors (Lipinski definition) is 1. The highest BCUT2D eigenvalue weighted by Crippen LogP contribution is 2.38. The second kappa shape index (κ2) is 10.6. The number of benzene rings is 2. The van der Waals surface area contributed by atoms with Crippen LogP contribution >= 0.6 is 15.9 Å². The third-order valence-corrected chi connectivity index (χ3v) is 5.82. The second-order valence-corrected chi connectivity index (χ2v) is 8.64. The number of aliphatic carboxylic acids is 1. The number of carboxylic acid groups (broad SMARTS) is 1. The van der Waals surface area contributed by atoms with Crippen LogP contribution in [-0.4, -0.2) is 45.1 Å². The molecule has 0 unspecified atom stereocenters. The number of ether oxygens (including phenoxy) is 2. The summed E-state index contributed by atoms with van der Waals surface area (Å²) in [5.41, 5.74) is -0.125. The Kier molecular flexibility index (Phi) is 7.85. The molecule has 2 aromatic carbocycles. The molecule has 0 saturated carbocycles. The van der Waals surface area contributed by atoms with Crippen LogP contribution in [0.15, 0.2) is 44.7 Å². The van der Waals surface area contributed by atoms with Gasteiger partial charge in [-0.05, 0) is 37.6 Å². The molecule has 0 amide bonds. The summed E-state index contributed by atoms with van der Waals surface area (Å²) in [5.74, 6) is -1.31. The fourth-order valence-electron chi connectivity index (χ4n) is 3.22. The maximum atomic E-state index is 13.3. The van der Waals surface area contributed by atoms with Crippen molar-refractivity contribution in [2.75, 3.05) is 7.11 Å². The molecular weight excluding hydrogens is 524 g/mol. The van der Waals surface area contributed by atoms with Crippen molar-refractivity contribution in [3.8, 4) is 11.5 Å². The van der Waals surface area contributed by atoms with E-state index in [1.807, 2.05) is 13.8 Å². The molecule has 1 N–H and O–H groups in total. The van der Waals surface area contributed by atoms with E-state index in [1.54, 1.807) is 18.2 Å². The molecule has 3 aromatic rings. The highest BCUT2D eigenvalue weighted by Gasteiger charge is 2.26. The SMILES string of the molecule is CC[C@@H](C)c1nc2ccc(Br)cc2c(=O)n1N=Cc1cc(OC)c(O[C@@H](C)C(=O)O)c([N+](=O)[O-])c1. The minimum atomic E-state index is -1.35. The Hall–Kier alpha value is -3.80. The highest BCUT2D eigenvalue weighted by molar-refractivity contribution is 9.10. The first-order valence-corrected chi connectivity index (χ1v) is 11.4. The van der Waals surface area contributed by atoms with Crippen molar-refractivity contribution in [2.45, 2.75) is 39.2 Å². The third kappa shape index (κ3) is 5.48. The van der Waals surface area contributed by atoms with Crippen LogP contribution in [0.3, 0.4) is 0 Å². The number of carbonyl (C=O) groups is 1. The van der Waals surface area contributed by atoms with Crippen LogP contribution in [0.2, 0.25) is 0 Å². The standard InChI is InChI=1S/C23H23BrN4O7/c1-5-12(2)21-26-17-7-6-15(24)10-16(17)22(29)27(21)25-11-14-8-18(28(32)33)20(19(9-14)34-4)35-13(3)23(30)31/h6-13H,5H2,1-4H3,(H,30,31)/t12-,13+/m1/s1. The van der Waals surface area contributed by atoms with Crippen LogP contribution in [0.4, 0.5) is 5.69 Å². The van der Waals surface area contributed by atoms with Gasteiger partial charge in [0.1, 0.15) is 5.82 Å². The molecule has 184 valence electrons. The molecule has 1 heterocycles. The zero-order valence-corrected chi connectivity index (χ0v) is 21.0. The highest BCUT2D eigenvalue weighted by atomic mass is 79.9. The lowest BCUT2D eigenvalue weighted by Crippen LogP contribution is -2.24. The summed E-state index contributed by atoms with van der Waals surface area (Å²) >= 11 is 3.36. The maximum Gasteiger partial charge on any atom is 0.344 e. The third-order valence-electron chi connectivity index (χ3n) is 5.33. The predicted octanol–water partition coefficient (Wildman–Crippen LogP) is 4.32. The first-order chi connectivity index (χ1) is 16.6. The lowest BCUT2D eigenvalue weighted by Gasteiger charge is -2.15. The monoisotopic (exact) mass is 546 g/mol. The van der Waals surface area contributed by atoms with Crippen molar-refractivity contribution in [2.24, 2.45) is 5.10 Å². The van der Waals surface area contributed by atoms with Crippen LogP contribution in [0.25, 0.3) is 10.9 Å². The number of hydrogen-bond acceptors (Lipinski definition) is 8. The van der Waals surface area contributed by atoms with Gasteiger partial charge in [-0.1, -0.05) is 29.8 Å². The number of carboxylic acids is 1. The number of nitro groups is 1. The first-order valence-electron chi connectivity index (χ1n) is 10.6. The van der Waals surface area contributed by atoms with Crippen LogP contribution in [0, 0.1) is 10.1 Å². The molecule has 0 spiro atoms. The molecule has 11 nitrogen and oxygen atoms in total. The van der Waals surface area contributed by atoms with E-state index in [-0.39, 0.29) is 28.5 Å². The Bertz CT molecular complexity index is 1390. The van der Waals surface area contributed by atoms with Crippen LogP contribution < -0.4 is 15.0 Å². The fraction of sp³-hybridized carbons (Fsp3) is 0.304. The maximum absolute atomic E-state index is 13.3. The van der Waals surface area contributed by atoms with Gasteiger partial charge in [0.25, 0.3) is 5.56 Å². The lowest BCUT2D eigenvalue weighted by molar-refractivity contribution is -0.386. The molecule has 0 saturated heterocycles. The molecule has 2 atom stereocenters. The fourth-order valence-corrected chi connectivity index (χ4v) is 3.58. The summed E-state index contributed by atoms with van der Waals surface area (Å²) in [6.45, 7) is 5.12. The molecular formula is C23H23BrN4O7. The van der Waals surface area contributed by atoms with E-state index in [9.17, 15) is 19.7 Å². The van der Waals surface area contributed by atoms with Gasteiger partial charge in [0, 0.05) is 22.0 Å². The van der Waals surface area contributed by atoms with Crippen molar-refractivity contribution in [1.82, 2.24) is 9.66 Å². The normalized spacial score (nSPS) is 13.1. The zero-order valence-electron chi connectivity index (χ0n) is 19.4. The molecule has 0 aliphatic heterocycles. The van der Waals surface area contributed by atoms with Crippen LogP contribution in [0.1, 0.15) is 44.5 Å². The number of fused-ring (bicyclic) bond motifs is 1. The molecule has 0 fully saturated rings. The molecule has 0 aliphatic carbocycles. The quantitative estimate of drug-likeness (QED) is 0.237. The average Bonchev–Trinajstić information content (AvgIpc) is 2.83. The van der Waals surface area contributed by atoms with Gasteiger partial charge >= 0.3 is 11.7 Å². The summed E-state index contributed by atoms with van der Waals surface area (Å²) in [6.07, 6.45) is 0.636. The number of rotatable bonds is 9. The summed E-state index contributed by atoms with van der Waals surface area (Å²) in [5, 5.41) is 25.5. The molecule has 0 radical (unpaired) electrons. The first kappa shape index (κ1) is 25.8. The number of nitrogens with zero attached hydrogens (tertiary/aromatic N) is 4. The van der Waals surface area contributed by atoms with E-state index in [1.165, 1.54) is 31.0 Å². The largest absolute Gasteiger partial charge is 0.493 e. The Labute approximate surface area is 208 Å². The van der Waals surface area contributed by atoms with E-state index in [0.29, 0.717) is 27.6 Å². The molecule has 12 heteroatoms. The van der Waals surface area contributed by atoms with E-state index in [2.05, 4.69) is 26.0 Å². The Morgan fingerprint density at radius 3 is 2.66 bits per heavy atom. The van der Waals surface area contributed by atoms with Crippen LogP contribution in [-0.2, 0) is 4.79 Å². The zero-order chi connectivity index (χ0) is 25.9. The van der Waals surface area contributed by atoms with Gasteiger partial charge in [0.15, 0.2) is 11.9 Å².